The smallest absolute Gasteiger partial charge is 0.0396 e. The van der Waals surface area contributed by atoms with Crippen LogP contribution in [0, 0.1) is 19.8 Å². The maximum atomic E-state index is 3.27. The van der Waals surface area contributed by atoms with Crippen LogP contribution < -0.4 is 10.2 Å². The fourth-order valence-electron chi connectivity index (χ4n) is 2.24. The van der Waals surface area contributed by atoms with Crippen LogP contribution in [0.4, 0.5) is 5.69 Å². The normalized spacial score (nSPS) is 12.5. The Kier molecular flexibility index (Phi) is 5.49. The van der Waals surface area contributed by atoms with Gasteiger partial charge in [0.2, 0.25) is 0 Å². The standard InChI is InChI=1S/C15H26N2/c1-6-14(10-16-4)11-17(5)15-9-12(2)7-8-13(15)3/h7-9,14,16H,6,10-11H2,1-5H3. The Hall–Kier alpha value is -1.02. The topological polar surface area (TPSA) is 15.3 Å². The summed E-state index contributed by atoms with van der Waals surface area (Å²) in [4.78, 5) is 2.38. The molecule has 0 amide bonds. The van der Waals surface area contributed by atoms with Crippen molar-refractivity contribution in [2.24, 2.45) is 5.92 Å². The average Bonchev–Trinajstić information content (AvgIpc) is 2.31. The summed E-state index contributed by atoms with van der Waals surface area (Å²) in [5.74, 6) is 0.713. The summed E-state index contributed by atoms with van der Waals surface area (Å²) in [6, 6.07) is 6.67. The molecule has 1 N–H and O–H groups in total. The second kappa shape index (κ2) is 6.65. The van der Waals surface area contributed by atoms with Crippen molar-refractivity contribution in [1.82, 2.24) is 5.32 Å². The van der Waals surface area contributed by atoms with Gasteiger partial charge in [-0.05, 0) is 50.6 Å². The lowest BCUT2D eigenvalue weighted by molar-refractivity contribution is 0.484. The van der Waals surface area contributed by atoms with Crippen LogP contribution in [0.25, 0.3) is 0 Å². The average molecular weight is 234 g/mol. The molecule has 0 spiro atoms. The van der Waals surface area contributed by atoms with Crippen LogP contribution in [0.15, 0.2) is 18.2 Å². The molecule has 1 aromatic rings. The molecule has 0 aliphatic heterocycles. The van der Waals surface area contributed by atoms with Gasteiger partial charge in [0, 0.05) is 19.3 Å². The number of hydrogen-bond donors (Lipinski definition) is 1. The zero-order valence-corrected chi connectivity index (χ0v) is 11.9. The summed E-state index contributed by atoms with van der Waals surface area (Å²) >= 11 is 0. The van der Waals surface area contributed by atoms with E-state index in [0.29, 0.717) is 5.92 Å². The molecular formula is C15H26N2. The molecule has 1 aromatic carbocycles. The van der Waals surface area contributed by atoms with E-state index in [4.69, 9.17) is 0 Å². The van der Waals surface area contributed by atoms with Gasteiger partial charge in [0.25, 0.3) is 0 Å². The number of aryl methyl sites for hydroxylation is 2. The first-order valence-corrected chi connectivity index (χ1v) is 6.51. The maximum Gasteiger partial charge on any atom is 0.0396 e. The van der Waals surface area contributed by atoms with Crippen molar-refractivity contribution in [3.63, 3.8) is 0 Å². The molecule has 1 unspecified atom stereocenters. The van der Waals surface area contributed by atoms with E-state index in [0.717, 1.165) is 13.1 Å². The lowest BCUT2D eigenvalue weighted by Crippen LogP contribution is -2.31. The van der Waals surface area contributed by atoms with E-state index in [1.807, 2.05) is 7.05 Å². The Morgan fingerprint density at radius 3 is 2.59 bits per heavy atom. The molecule has 0 aliphatic carbocycles. The van der Waals surface area contributed by atoms with Crippen LogP contribution in [0.1, 0.15) is 24.5 Å². The Bertz CT molecular complexity index is 347. The monoisotopic (exact) mass is 234 g/mol. The summed E-state index contributed by atoms with van der Waals surface area (Å²) < 4.78 is 0. The molecule has 0 saturated carbocycles. The number of anilines is 1. The number of rotatable bonds is 6. The highest BCUT2D eigenvalue weighted by Gasteiger charge is 2.11. The van der Waals surface area contributed by atoms with Crippen molar-refractivity contribution in [3.05, 3.63) is 29.3 Å². The van der Waals surface area contributed by atoms with Gasteiger partial charge < -0.3 is 10.2 Å². The third kappa shape index (κ3) is 4.04. The summed E-state index contributed by atoms with van der Waals surface area (Å²) in [6.45, 7) is 8.80. The van der Waals surface area contributed by atoms with E-state index < -0.39 is 0 Å². The number of benzene rings is 1. The zero-order chi connectivity index (χ0) is 12.8. The van der Waals surface area contributed by atoms with E-state index in [2.05, 4.69) is 56.2 Å². The largest absolute Gasteiger partial charge is 0.374 e. The Balaban J connectivity index is 2.74. The lowest BCUT2D eigenvalue weighted by atomic mass is 10.0. The van der Waals surface area contributed by atoms with Crippen molar-refractivity contribution in [1.29, 1.82) is 0 Å². The van der Waals surface area contributed by atoms with Crippen molar-refractivity contribution in [2.45, 2.75) is 27.2 Å². The minimum atomic E-state index is 0.713. The molecule has 2 heteroatoms. The molecule has 0 heterocycles. The third-order valence-electron chi connectivity index (χ3n) is 3.38. The first-order chi connectivity index (χ1) is 8.08. The van der Waals surface area contributed by atoms with E-state index in [9.17, 15) is 0 Å². The van der Waals surface area contributed by atoms with Crippen LogP contribution in [0.3, 0.4) is 0 Å². The van der Waals surface area contributed by atoms with Gasteiger partial charge in [0.15, 0.2) is 0 Å². The molecular weight excluding hydrogens is 208 g/mol. The third-order valence-corrected chi connectivity index (χ3v) is 3.38. The predicted octanol–water partition coefficient (Wildman–Crippen LogP) is 2.99. The fraction of sp³-hybridized carbons (Fsp3) is 0.600. The van der Waals surface area contributed by atoms with E-state index in [1.165, 1.54) is 23.2 Å². The Morgan fingerprint density at radius 2 is 2.00 bits per heavy atom. The summed E-state index contributed by atoms with van der Waals surface area (Å²) in [7, 11) is 4.22. The molecule has 0 radical (unpaired) electrons. The molecule has 0 saturated heterocycles. The molecule has 96 valence electrons. The van der Waals surface area contributed by atoms with E-state index in [1.54, 1.807) is 0 Å². The van der Waals surface area contributed by atoms with Crippen LogP contribution in [-0.4, -0.2) is 27.2 Å². The van der Waals surface area contributed by atoms with Crippen LogP contribution in [-0.2, 0) is 0 Å². The van der Waals surface area contributed by atoms with Crippen molar-refractivity contribution in [3.8, 4) is 0 Å². The SMILES string of the molecule is CCC(CNC)CN(C)c1cc(C)ccc1C. The Labute approximate surface area is 106 Å². The summed E-state index contributed by atoms with van der Waals surface area (Å²) in [5.41, 5.74) is 4.05. The lowest BCUT2D eigenvalue weighted by Gasteiger charge is -2.26. The summed E-state index contributed by atoms with van der Waals surface area (Å²) in [5, 5.41) is 3.27. The second-order valence-electron chi connectivity index (χ2n) is 5.00. The summed E-state index contributed by atoms with van der Waals surface area (Å²) in [6.07, 6.45) is 1.22. The van der Waals surface area contributed by atoms with Gasteiger partial charge in [0.05, 0.1) is 0 Å². The molecule has 1 rings (SSSR count). The second-order valence-corrected chi connectivity index (χ2v) is 5.00. The van der Waals surface area contributed by atoms with Crippen LogP contribution >= 0.6 is 0 Å². The minimum absolute atomic E-state index is 0.713. The van der Waals surface area contributed by atoms with Gasteiger partial charge >= 0.3 is 0 Å². The van der Waals surface area contributed by atoms with Crippen LogP contribution in [0.2, 0.25) is 0 Å². The van der Waals surface area contributed by atoms with Gasteiger partial charge in [0.1, 0.15) is 0 Å². The highest BCUT2D eigenvalue weighted by Crippen LogP contribution is 2.21. The molecule has 0 bridgehead atoms. The Morgan fingerprint density at radius 1 is 1.29 bits per heavy atom. The fourth-order valence-corrected chi connectivity index (χ4v) is 2.24. The highest BCUT2D eigenvalue weighted by molar-refractivity contribution is 5.54. The molecule has 2 nitrogen and oxygen atoms in total. The van der Waals surface area contributed by atoms with Gasteiger partial charge in [-0.1, -0.05) is 25.5 Å². The molecule has 1 atom stereocenters. The van der Waals surface area contributed by atoms with Crippen molar-refractivity contribution >= 4 is 5.69 Å². The van der Waals surface area contributed by atoms with Gasteiger partial charge in [-0.25, -0.2) is 0 Å². The number of nitrogens with zero attached hydrogens (tertiary/aromatic N) is 1. The van der Waals surface area contributed by atoms with Gasteiger partial charge in [-0.2, -0.15) is 0 Å². The van der Waals surface area contributed by atoms with Gasteiger partial charge in [-0.15, -0.1) is 0 Å². The molecule has 17 heavy (non-hydrogen) atoms. The molecule has 0 aliphatic rings. The first kappa shape index (κ1) is 14.0. The number of nitrogens with one attached hydrogen (secondary N) is 1. The van der Waals surface area contributed by atoms with Gasteiger partial charge in [-0.3, -0.25) is 0 Å². The van der Waals surface area contributed by atoms with Crippen molar-refractivity contribution < 1.29 is 0 Å². The predicted molar refractivity (Wildman–Crippen MR) is 76.9 cm³/mol. The zero-order valence-electron chi connectivity index (χ0n) is 11.9. The van der Waals surface area contributed by atoms with E-state index >= 15 is 0 Å². The molecule has 0 aromatic heterocycles. The van der Waals surface area contributed by atoms with E-state index in [-0.39, 0.29) is 0 Å². The molecule has 0 fully saturated rings. The highest BCUT2D eigenvalue weighted by atomic mass is 15.1. The first-order valence-electron chi connectivity index (χ1n) is 6.51. The minimum Gasteiger partial charge on any atom is -0.374 e. The quantitative estimate of drug-likeness (QED) is 0.814. The maximum absolute atomic E-state index is 3.27. The van der Waals surface area contributed by atoms with Crippen molar-refractivity contribution in [2.75, 3.05) is 32.1 Å². The number of hydrogen-bond acceptors (Lipinski definition) is 2. The van der Waals surface area contributed by atoms with Crippen LogP contribution in [0.5, 0.6) is 0 Å².